The van der Waals surface area contributed by atoms with Gasteiger partial charge in [-0.2, -0.15) is 5.10 Å². The number of nitrogens with zero attached hydrogens (tertiary/aromatic N) is 3. The highest BCUT2D eigenvalue weighted by atomic mass is 16.3. The van der Waals surface area contributed by atoms with Crippen molar-refractivity contribution < 1.29 is 5.11 Å². The van der Waals surface area contributed by atoms with E-state index in [1.165, 1.54) is 11.1 Å². The Hall–Kier alpha value is -1.72. The van der Waals surface area contributed by atoms with E-state index in [1.54, 1.807) is 10.9 Å². The Morgan fingerprint density at radius 3 is 3.00 bits per heavy atom. The molecule has 2 rings (SSSR count). The molecule has 0 fully saturated rings. The maximum atomic E-state index is 8.80. The van der Waals surface area contributed by atoms with E-state index in [9.17, 15) is 0 Å². The molecule has 0 unspecified atom stereocenters. The summed E-state index contributed by atoms with van der Waals surface area (Å²) < 4.78 is 1.74. The Morgan fingerprint density at radius 1 is 1.33 bits per heavy atom. The van der Waals surface area contributed by atoms with Crippen LogP contribution in [0.3, 0.4) is 0 Å². The summed E-state index contributed by atoms with van der Waals surface area (Å²) in [6.45, 7) is 4.30. The van der Waals surface area contributed by atoms with Gasteiger partial charge in [-0.05, 0) is 24.1 Å². The molecule has 0 spiro atoms. The van der Waals surface area contributed by atoms with Crippen LogP contribution in [0.25, 0.3) is 0 Å². The zero-order valence-corrected chi connectivity index (χ0v) is 10.5. The van der Waals surface area contributed by atoms with Crippen LogP contribution >= 0.6 is 0 Å². The minimum atomic E-state index is 0.115. The van der Waals surface area contributed by atoms with Gasteiger partial charge in [0.15, 0.2) is 0 Å². The topological polar surface area (TPSA) is 63.0 Å². The number of hydrogen-bond acceptors (Lipinski definition) is 4. The molecule has 5 nitrogen and oxygen atoms in total. The summed E-state index contributed by atoms with van der Waals surface area (Å²) in [6, 6.07) is 2.01. The van der Waals surface area contributed by atoms with Crippen molar-refractivity contribution in [3.63, 3.8) is 0 Å². The first kappa shape index (κ1) is 12.7. The summed E-state index contributed by atoms with van der Waals surface area (Å²) in [5.74, 6) is 0. The quantitative estimate of drug-likeness (QED) is 0.794. The molecule has 96 valence electrons. The van der Waals surface area contributed by atoms with Crippen molar-refractivity contribution in [1.29, 1.82) is 0 Å². The SMILES string of the molecule is Cc1ccncc1CNCc1cnn(CCO)c1. The zero-order chi connectivity index (χ0) is 12.8. The van der Waals surface area contributed by atoms with Crippen molar-refractivity contribution >= 4 is 0 Å². The number of nitrogens with one attached hydrogen (secondary N) is 1. The Kier molecular flexibility index (Phi) is 4.44. The number of pyridine rings is 1. The average molecular weight is 246 g/mol. The van der Waals surface area contributed by atoms with Crippen LogP contribution in [0.2, 0.25) is 0 Å². The Morgan fingerprint density at radius 2 is 2.22 bits per heavy atom. The van der Waals surface area contributed by atoms with Crippen molar-refractivity contribution in [2.45, 2.75) is 26.6 Å². The third-order valence-corrected chi connectivity index (χ3v) is 2.81. The van der Waals surface area contributed by atoms with Crippen molar-refractivity contribution in [2.75, 3.05) is 6.61 Å². The van der Waals surface area contributed by atoms with E-state index in [2.05, 4.69) is 22.3 Å². The van der Waals surface area contributed by atoms with Crippen molar-refractivity contribution in [1.82, 2.24) is 20.1 Å². The fraction of sp³-hybridized carbons (Fsp3) is 0.385. The zero-order valence-electron chi connectivity index (χ0n) is 10.5. The molecule has 18 heavy (non-hydrogen) atoms. The molecule has 2 aromatic rings. The number of aromatic nitrogens is 3. The van der Waals surface area contributed by atoms with Crippen LogP contribution in [0.15, 0.2) is 30.9 Å². The van der Waals surface area contributed by atoms with Gasteiger partial charge in [-0.15, -0.1) is 0 Å². The molecule has 0 aliphatic heterocycles. The molecule has 5 heteroatoms. The van der Waals surface area contributed by atoms with Crippen molar-refractivity contribution in [2.24, 2.45) is 0 Å². The largest absolute Gasteiger partial charge is 0.394 e. The molecular weight excluding hydrogens is 228 g/mol. The molecule has 0 aliphatic carbocycles. The van der Waals surface area contributed by atoms with Crippen molar-refractivity contribution in [3.05, 3.63) is 47.5 Å². The lowest BCUT2D eigenvalue weighted by molar-refractivity contribution is 0.269. The maximum Gasteiger partial charge on any atom is 0.0640 e. The first-order chi connectivity index (χ1) is 8.79. The van der Waals surface area contributed by atoms with Gasteiger partial charge in [0.2, 0.25) is 0 Å². The van der Waals surface area contributed by atoms with Gasteiger partial charge in [-0.3, -0.25) is 9.67 Å². The second-order valence-electron chi connectivity index (χ2n) is 4.24. The lowest BCUT2D eigenvalue weighted by Crippen LogP contribution is -2.13. The van der Waals surface area contributed by atoms with Crippen LogP contribution in [-0.2, 0) is 19.6 Å². The predicted octanol–water partition coefficient (Wildman–Crippen LogP) is 0.869. The third kappa shape index (κ3) is 3.38. The van der Waals surface area contributed by atoms with E-state index in [0.29, 0.717) is 6.54 Å². The van der Waals surface area contributed by atoms with Gasteiger partial charge in [0, 0.05) is 37.2 Å². The molecule has 0 radical (unpaired) electrons. The summed E-state index contributed by atoms with van der Waals surface area (Å²) in [4.78, 5) is 4.12. The van der Waals surface area contributed by atoms with Crippen LogP contribution in [-0.4, -0.2) is 26.5 Å². The van der Waals surface area contributed by atoms with Gasteiger partial charge in [0.1, 0.15) is 0 Å². The Labute approximate surface area is 106 Å². The first-order valence-corrected chi connectivity index (χ1v) is 6.02. The van der Waals surface area contributed by atoms with E-state index in [1.807, 2.05) is 24.7 Å². The Balaban J connectivity index is 1.83. The van der Waals surface area contributed by atoms with E-state index >= 15 is 0 Å². The van der Waals surface area contributed by atoms with Gasteiger partial charge < -0.3 is 10.4 Å². The second kappa shape index (κ2) is 6.28. The van der Waals surface area contributed by atoms with Crippen molar-refractivity contribution in [3.8, 4) is 0 Å². The molecule has 0 amide bonds. The number of aliphatic hydroxyl groups excluding tert-OH is 1. The number of hydrogen-bond donors (Lipinski definition) is 2. The second-order valence-corrected chi connectivity index (χ2v) is 4.24. The first-order valence-electron chi connectivity index (χ1n) is 6.02. The minimum Gasteiger partial charge on any atom is -0.394 e. The molecule has 0 aromatic carbocycles. The third-order valence-electron chi connectivity index (χ3n) is 2.81. The highest BCUT2D eigenvalue weighted by molar-refractivity contribution is 5.21. The van der Waals surface area contributed by atoms with Gasteiger partial charge in [-0.25, -0.2) is 0 Å². The molecule has 2 aromatic heterocycles. The molecule has 0 aliphatic rings. The number of aryl methyl sites for hydroxylation is 1. The summed E-state index contributed by atoms with van der Waals surface area (Å²) in [7, 11) is 0. The molecule has 2 N–H and O–H groups in total. The van der Waals surface area contributed by atoms with Crippen LogP contribution in [0.4, 0.5) is 0 Å². The summed E-state index contributed by atoms with van der Waals surface area (Å²) in [5, 5.41) is 16.3. The van der Waals surface area contributed by atoms with E-state index < -0.39 is 0 Å². The molecule has 0 atom stereocenters. The summed E-state index contributed by atoms with van der Waals surface area (Å²) >= 11 is 0. The lowest BCUT2D eigenvalue weighted by atomic mass is 10.1. The molecular formula is C13H18N4O. The Bertz CT molecular complexity index is 495. The molecule has 0 saturated heterocycles. The van der Waals surface area contributed by atoms with Crippen LogP contribution in [0, 0.1) is 6.92 Å². The van der Waals surface area contributed by atoms with Gasteiger partial charge >= 0.3 is 0 Å². The fourth-order valence-electron chi connectivity index (χ4n) is 1.75. The van der Waals surface area contributed by atoms with E-state index in [0.717, 1.165) is 18.7 Å². The standard InChI is InChI=1S/C13H18N4O/c1-11-2-3-14-8-13(11)9-15-6-12-7-16-17(10-12)4-5-18/h2-3,7-8,10,15,18H,4-6,9H2,1H3. The molecule has 0 saturated carbocycles. The van der Waals surface area contributed by atoms with Crippen LogP contribution < -0.4 is 5.32 Å². The maximum absolute atomic E-state index is 8.80. The van der Waals surface area contributed by atoms with E-state index in [-0.39, 0.29) is 6.61 Å². The van der Waals surface area contributed by atoms with Crippen LogP contribution in [0.5, 0.6) is 0 Å². The normalized spacial score (nSPS) is 10.8. The summed E-state index contributed by atoms with van der Waals surface area (Å²) in [6.07, 6.45) is 7.45. The monoisotopic (exact) mass is 246 g/mol. The van der Waals surface area contributed by atoms with Gasteiger partial charge in [-0.1, -0.05) is 0 Å². The molecule has 0 bridgehead atoms. The van der Waals surface area contributed by atoms with Gasteiger partial charge in [0.25, 0.3) is 0 Å². The molecule has 2 heterocycles. The number of rotatable bonds is 6. The summed E-state index contributed by atoms with van der Waals surface area (Å²) in [5.41, 5.74) is 3.57. The highest BCUT2D eigenvalue weighted by Crippen LogP contribution is 2.05. The van der Waals surface area contributed by atoms with E-state index in [4.69, 9.17) is 5.11 Å². The average Bonchev–Trinajstić information content (AvgIpc) is 2.80. The van der Waals surface area contributed by atoms with Crippen LogP contribution in [0.1, 0.15) is 16.7 Å². The highest BCUT2D eigenvalue weighted by Gasteiger charge is 2.00. The fourth-order valence-corrected chi connectivity index (χ4v) is 1.75. The minimum absolute atomic E-state index is 0.115. The lowest BCUT2D eigenvalue weighted by Gasteiger charge is -2.05. The smallest absolute Gasteiger partial charge is 0.0640 e. The predicted molar refractivity (Wildman–Crippen MR) is 68.8 cm³/mol. The number of aliphatic hydroxyl groups is 1. The van der Waals surface area contributed by atoms with Gasteiger partial charge in [0.05, 0.1) is 19.3 Å².